The molecule has 17 heavy (non-hydrogen) atoms. The van der Waals surface area contributed by atoms with E-state index in [0.29, 0.717) is 16.8 Å². The van der Waals surface area contributed by atoms with Gasteiger partial charge in [-0.2, -0.15) is 0 Å². The van der Waals surface area contributed by atoms with Crippen LogP contribution in [-0.4, -0.2) is 13.0 Å². The van der Waals surface area contributed by atoms with E-state index in [0.717, 1.165) is 11.3 Å². The molecule has 0 aliphatic rings. The number of hydrogen-bond donors (Lipinski definition) is 1. The van der Waals surface area contributed by atoms with Crippen molar-refractivity contribution in [2.75, 3.05) is 0 Å². The summed E-state index contributed by atoms with van der Waals surface area (Å²) in [5, 5.41) is 5.06. The highest BCUT2D eigenvalue weighted by molar-refractivity contribution is 7.89. The molecule has 0 unspecified atom stereocenters. The lowest BCUT2D eigenvalue weighted by atomic mass is 10.3. The Balaban J connectivity index is 2.89. The second kappa shape index (κ2) is 4.09. The van der Waals surface area contributed by atoms with Gasteiger partial charge in [0.2, 0.25) is 10.0 Å². The van der Waals surface area contributed by atoms with Gasteiger partial charge in [-0.1, -0.05) is 22.9 Å². The Hall–Kier alpha value is -0.890. The van der Waals surface area contributed by atoms with Crippen LogP contribution in [-0.2, 0) is 16.6 Å². The van der Waals surface area contributed by atoms with E-state index in [1.165, 1.54) is 16.7 Å². The summed E-state index contributed by atoms with van der Waals surface area (Å²) in [6, 6.07) is 2.79. The van der Waals surface area contributed by atoms with Crippen LogP contribution in [0.2, 0.25) is 5.02 Å². The Morgan fingerprint density at radius 3 is 2.65 bits per heavy atom. The molecule has 0 saturated heterocycles. The summed E-state index contributed by atoms with van der Waals surface area (Å²) < 4.78 is 24.6. The summed E-state index contributed by atoms with van der Waals surface area (Å²) in [6.07, 6.45) is 0. The van der Waals surface area contributed by atoms with E-state index in [1.54, 1.807) is 0 Å². The molecule has 0 bridgehead atoms. The number of sulfonamides is 1. The maximum absolute atomic E-state index is 11.6. The summed E-state index contributed by atoms with van der Waals surface area (Å²) >= 11 is 6.83. The first-order chi connectivity index (χ1) is 7.84. The molecule has 1 heterocycles. The van der Waals surface area contributed by atoms with E-state index in [2.05, 4.69) is 0 Å². The van der Waals surface area contributed by atoms with E-state index in [1.807, 2.05) is 6.92 Å². The standard InChI is InChI=1S/C9H9ClN2O3S2/c1-2-12-6-3-5(10)8(17(11,14)15)4-7(6)16-9(12)13/h3-4H,2H2,1H3,(H2,11,14,15). The van der Waals surface area contributed by atoms with Crippen molar-refractivity contribution in [1.29, 1.82) is 0 Å². The molecule has 0 fully saturated rings. The van der Waals surface area contributed by atoms with Crippen molar-refractivity contribution in [3.63, 3.8) is 0 Å². The number of thiazole rings is 1. The Morgan fingerprint density at radius 1 is 1.47 bits per heavy atom. The van der Waals surface area contributed by atoms with Crippen molar-refractivity contribution >= 4 is 43.2 Å². The summed E-state index contributed by atoms with van der Waals surface area (Å²) in [6.45, 7) is 2.33. The van der Waals surface area contributed by atoms with Gasteiger partial charge in [0.05, 0.1) is 15.2 Å². The zero-order valence-electron chi connectivity index (χ0n) is 8.81. The molecule has 1 aromatic heterocycles. The average molecular weight is 293 g/mol. The first-order valence-electron chi connectivity index (χ1n) is 4.70. The number of primary sulfonamides is 1. The minimum atomic E-state index is -3.87. The lowest BCUT2D eigenvalue weighted by Crippen LogP contribution is -2.13. The minimum Gasteiger partial charge on any atom is -0.299 e. The smallest absolute Gasteiger partial charge is 0.299 e. The zero-order chi connectivity index (χ0) is 12.8. The molecular weight excluding hydrogens is 284 g/mol. The molecule has 0 amide bonds. The fraction of sp³-hybridized carbons (Fsp3) is 0.222. The Morgan fingerprint density at radius 2 is 2.12 bits per heavy atom. The number of benzene rings is 1. The van der Waals surface area contributed by atoms with Gasteiger partial charge in [-0.05, 0) is 19.1 Å². The second-order valence-electron chi connectivity index (χ2n) is 3.41. The van der Waals surface area contributed by atoms with E-state index in [-0.39, 0.29) is 14.8 Å². The predicted molar refractivity (Wildman–Crippen MR) is 68.1 cm³/mol. The van der Waals surface area contributed by atoms with Crippen LogP contribution in [0.3, 0.4) is 0 Å². The van der Waals surface area contributed by atoms with Gasteiger partial charge in [-0.15, -0.1) is 0 Å². The van der Waals surface area contributed by atoms with Crippen molar-refractivity contribution in [3.8, 4) is 0 Å². The number of nitrogens with two attached hydrogens (primary N) is 1. The number of nitrogens with zero attached hydrogens (tertiary/aromatic N) is 1. The van der Waals surface area contributed by atoms with Gasteiger partial charge in [-0.25, -0.2) is 13.6 Å². The van der Waals surface area contributed by atoms with Crippen molar-refractivity contribution in [1.82, 2.24) is 4.57 Å². The van der Waals surface area contributed by atoms with Crippen LogP contribution in [0.25, 0.3) is 10.2 Å². The highest BCUT2D eigenvalue weighted by atomic mass is 35.5. The monoisotopic (exact) mass is 292 g/mol. The molecule has 1 aromatic carbocycles. The molecule has 0 atom stereocenters. The molecule has 0 aliphatic carbocycles. The van der Waals surface area contributed by atoms with Crippen LogP contribution >= 0.6 is 22.9 Å². The van der Waals surface area contributed by atoms with Crippen molar-refractivity contribution in [2.45, 2.75) is 18.4 Å². The molecule has 0 saturated carbocycles. The van der Waals surface area contributed by atoms with Gasteiger partial charge in [0.1, 0.15) is 4.90 Å². The van der Waals surface area contributed by atoms with Gasteiger partial charge in [0, 0.05) is 6.54 Å². The summed E-state index contributed by atoms with van der Waals surface area (Å²) in [7, 11) is -3.87. The molecule has 2 N–H and O–H groups in total. The Kier molecular flexibility index (Phi) is 3.03. The summed E-state index contributed by atoms with van der Waals surface area (Å²) in [5.41, 5.74) is 0.625. The molecular formula is C9H9ClN2O3S2. The summed E-state index contributed by atoms with van der Waals surface area (Å²) in [5.74, 6) is 0. The lowest BCUT2D eigenvalue weighted by molar-refractivity contribution is 0.598. The Labute approximate surface area is 106 Å². The van der Waals surface area contributed by atoms with Gasteiger partial charge < -0.3 is 0 Å². The van der Waals surface area contributed by atoms with E-state index in [9.17, 15) is 13.2 Å². The number of hydrogen-bond acceptors (Lipinski definition) is 4. The SMILES string of the molecule is CCn1c(=O)sc2cc(S(N)(=O)=O)c(Cl)cc21. The van der Waals surface area contributed by atoms with Crippen LogP contribution in [0, 0.1) is 0 Å². The number of halogens is 1. The normalized spacial score (nSPS) is 12.2. The molecule has 5 nitrogen and oxygen atoms in total. The first kappa shape index (κ1) is 12.6. The van der Waals surface area contributed by atoms with E-state index in [4.69, 9.17) is 16.7 Å². The van der Waals surface area contributed by atoms with Crippen LogP contribution in [0.15, 0.2) is 21.8 Å². The van der Waals surface area contributed by atoms with Crippen LogP contribution in [0.1, 0.15) is 6.92 Å². The molecule has 92 valence electrons. The van der Waals surface area contributed by atoms with Gasteiger partial charge in [-0.3, -0.25) is 9.36 Å². The minimum absolute atomic E-state index is 0.0278. The van der Waals surface area contributed by atoms with Crippen LogP contribution in [0.5, 0.6) is 0 Å². The maximum Gasteiger partial charge on any atom is 0.308 e. The molecule has 2 rings (SSSR count). The largest absolute Gasteiger partial charge is 0.308 e. The third-order valence-electron chi connectivity index (χ3n) is 2.34. The number of aryl methyl sites for hydroxylation is 1. The fourth-order valence-corrected chi connectivity index (χ4v) is 3.73. The maximum atomic E-state index is 11.6. The average Bonchev–Trinajstić information content (AvgIpc) is 2.50. The fourth-order valence-electron chi connectivity index (χ4n) is 1.58. The van der Waals surface area contributed by atoms with Gasteiger partial charge in [0.25, 0.3) is 0 Å². The molecule has 0 spiro atoms. The van der Waals surface area contributed by atoms with Crippen LogP contribution < -0.4 is 10.0 Å². The number of fused-ring (bicyclic) bond motifs is 1. The Bertz CT molecular complexity index is 745. The van der Waals surface area contributed by atoms with Crippen molar-refractivity contribution < 1.29 is 8.42 Å². The van der Waals surface area contributed by atoms with E-state index < -0.39 is 10.0 Å². The molecule has 8 heteroatoms. The van der Waals surface area contributed by atoms with Crippen molar-refractivity contribution in [3.05, 3.63) is 26.8 Å². The molecule has 0 aliphatic heterocycles. The zero-order valence-corrected chi connectivity index (χ0v) is 11.2. The predicted octanol–water partition coefficient (Wildman–Crippen LogP) is 1.38. The highest BCUT2D eigenvalue weighted by Crippen LogP contribution is 2.28. The van der Waals surface area contributed by atoms with E-state index >= 15 is 0 Å². The number of aromatic nitrogens is 1. The quantitative estimate of drug-likeness (QED) is 0.908. The van der Waals surface area contributed by atoms with Gasteiger partial charge >= 0.3 is 4.87 Å². The highest BCUT2D eigenvalue weighted by Gasteiger charge is 2.16. The van der Waals surface area contributed by atoms with Crippen LogP contribution in [0.4, 0.5) is 0 Å². The second-order valence-corrected chi connectivity index (χ2v) is 6.34. The van der Waals surface area contributed by atoms with Gasteiger partial charge in [0.15, 0.2) is 0 Å². The topological polar surface area (TPSA) is 82.2 Å². The lowest BCUT2D eigenvalue weighted by Gasteiger charge is -2.03. The molecule has 2 aromatic rings. The number of rotatable bonds is 2. The third kappa shape index (κ3) is 2.11. The molecule has 0 radical (unpaired) electrons. The third-order valence-corrected chi connectivity index (χ3v) is 4.66. The first-order valence-corrected chi connectivity index (χ1v) is 7.44. The summed E-state index contributed by atoms with van der Waals surface area (Å²) in [4.78, 5) is 11.3. The van der Waals surface area contributed by atoms with Crippen molar-refractivity contribution in [2.24, 2.45) is 5.14 Å².